The topological polar surface area (TPSA) is 52.6 Å². The fraction of sp³-hybridized carbons (Fsp3) is 0.300. The second kappa shape index (κ2) is 6.11. The standard InChI is InChI=1S/C20H18O4/c21-18-11-19(22)24-20(18)17-8-6-14-10-15(7-9-16(14)17)23-12-13-4-2-1-3-5-13/h1-5,7,9-10,17,20H,6,8,11-12H2/t17-,20?/m1/s1. The van der Waals surface area contributed by atoms with Gasteiger partial charge in [0.25, 0.3) is 0 Å². The number of hydrogen-bond donors (Lipinski definition) is 0. The van der Waals surface area contributed by atoms with Crippen LogP contribution in [0, 0.1) is 0 Å². The van der Waals surface area contributed by atoms with E-state index >= 15 is 0 Å². The van der Waals surface area contributed by atoms with Crippen LogP contribution in [0.5, 0.6) is 5.75 Å². The molecule has 2 aromatic carbocycles. The average molecular weight is 322 g/mol. The zero-order chi connectivity index (χ0) is 16.5. The van der Waals surface area contributed by atoms with Crippen molar-refractivity contribution in [3.8, 4) is 5.75 Å². The Morgan fingerprint density at radius 2 is 1.92 bits per heavy atom. The molecule has 0 bridgehead atoms. The van der Waals surface area contributed by atoms with Crippen molar-refractivity contribution in [3.63, 3.8) is 0 Å². The monoisotopic (exact) mass is 322 g/mol. The molecule has 1 aliphatic carbocycles. The molecular formula is C20H18O4. The third-order valence-corrected chi connectivity index (χ3v) is 4.75. The summed E-state index contributed by atoms with van der Waals surface area (Å²) in [5.74, 6) is 0.318. The first kappa shape index (κ1) is 14.9. The zero-order valence-electron chi connectivity index (χ0n) is 13.2. The Bertz CT molecular complexity index is 781. The van der Waals surface area contributed by atoms with Gasteiger partial charge in [-0.15, -0.1) is 0 Å². The number of benzene rings is 2. The minimum absolute atomic E-state index is 0.0119. The number of fused-ring (bicyclic) bond motifs is 1. The molecular weight excluding hydrogens is 304 g/mol. The van der Waals surface area contributed by atoms with Crippen LogP contribution in [0.2, 0.25) is 0 Å². The van der Waals surface area contributed by atoms with Gasteiger partial charge >= 0.3 is 5.97 Å². The number of carbonyl (C=O) groups excluding carboxylic acids is 2. The fourth-order valence-corrected chi connectivity index (χ4v) is 3.57. The number of ketones is 1. The van der Waals surface area contributed by atoms with Gasteiger partial charge in [0, 0.05) is 5.92 Å². The van der Waals surface area contributed by atoms with E-state index < -0.39 is 12.1 Å². The van der Waals surface area contributed by atoms with Gasteiger partial charge in [-0.3, -0.25) is 9.59 Å². The Labute approximate surface area is 140 Å². The molecule has 2 atom stereocenters. The summed E-state index contributed by atoms with van der Waals surface area (Å²) in [6, 6.07) is 16.0. The molecule has 0 radical (unpaired) electrons. The van der Waals surface area contributed by atoms with Crippen molar-refractivity contribution in [3.05, 3.63) is 65.2 Å². The van der Waals surface area contributed by atoms with Crippen LogP contribution in [0.1, 0.15) is 35.4 Å². The van der Waals surface area contributed by atoms with Crippen LogP contribution in [-0.4, -0.2) is 17.9 Å². The molecule has 4 rings (SSSR count). The normalized spacial score (nSPS) is 22.3. The molecule has 0 N–H and O–H groups in total. The van der Waals surface area contributed by atoms with Crippen molar-refractivity contribution in [1.82, 2.24) is 0 Å². The molecule has 24 heavy (non-hydrogen) atoms. The molecule has 2 aliphatic rings. The number of ether oxygens (including phenoxy) is 2. The maximum Gasteiger partial charge on any atom is 0.314 e. The fourth-order valence-electron chi connectivity index (χ4n) is 3.57. The molecule has 0 saturated carbocycles. The summed E-state index contributed by atoms with van der Waals surface area (Å²) in [5.41, 5.74) is 3.41. The second-order valence-corrected chi connectivity index (χ2v) is 6.33. The third-order valence-electron chi connectivity index (χ3n) is 4.75. The maximum absolute atomic E-state index is 11.9. The molecule has 0 amide bonds. The van der Waals surface area contributed by atoms with Crippen LogP contribution >= 0.6 is 0 Å². The molecule has 122 valence electrons. The summed E-state index contributed by atoms with van der Waals surface area (Å²) in [6.45, 7) is 0.530. The Kier molecular flexibility index (Phi) is 3.81. The van der Waals surface area contributed by atoms with Gasteiger partial charge in [-0.2, -0.15) is 0 Å². The third kappa shape index (κ3) is 2.80. The van der Waals surface area contributed by atoms with Gasteiger partial charge in [-0.05, 0) is 41.7 Å². The lowest BCUT2D eigenvalue weighted by molar-refractivity contribution is -0.143. The van der Waals surface area contributed by atoms with Crippen molar-refractivity contribution < 1.29 is 19.1 Å². The van der Waals surface area contributed by atoms with E-state index in [9.17, 15) is 9.59 Å². The van der Waals surface area contributed by atoms with E-state index in [2.05, 4.69) is 0 Å². The largest absolute Gasteiger partial charge is 0.489 e. The summed E-state index contributed by atoms with van der Waals surface area (Å²) in [7, 11) is 0. The molecule has 1 aliphatic heterocycles. The first-order chi connectivity index (χ1) is 11.7. The predicted octanol–water partition coefficient (Wildman–Crippen LogP) is 3.18. The van der Waals surface area contributed by atoms with Crippen LogP contribution in [0.3, 0.4) is 0 Å². The van der Waals surface area contributed by atoms with Gasteiger partial charge < -0.3 is 9.47 Å². The highest BCUT2D eigenvalue weighted by molar-refractivity contribution is 6.04. The van der Waals surface area contributed by atoms with Gasteiger partial charge in [-0.1, -0.05) is 36.4 Å². The molecule has 1 fully saturated rings. The summed E-state index contributed by atoms with van der Waals surface area (Å²) >= 11 is 0. The number of cyclic esters (lactones) is 1. The highest BCUT2D eigenvalue weighted by Gasteiger charge is 2.41. The second-order valence-electron chi connectivity index (χ2n) is 6.33. The van der Waals surface area contributed by atoms with Gasteiger partial charge in [0.05, 0.1) is 0 Å². The Balaban J connectivity index is 1.48. The lowest BCUT2D eigenvalue weighted by atomic mass is 9.93. The van der Waals surface area contributed by atoms with E-state index in [-0.39, 0.29) is 18.1 Å². The molecule has 1 saturated heterocycles. The van der Waals surface area contributed by atoms with E-state index in [4.69, 9.17) is 9.47 Å². The predicted molar refractivity (Wildman–Crippen MR) is 87.8 cm³/mol. The number of rotatable bonds is 4. The first-order valence-electron chi connectivity index (χ1n) is 8.22. The van der Waals surface area contributed by atoms with Crippen LogP contribution < -0.4 is 4.74 Å². The van der Waals surface area contributed by atoms with Gasteiger partial charge in [0.2, 0.25) is 0 Å². The van der Waals surface area contributed by atoms with E-state index in [1.54, 1.807) is 0 Å². The van der Waals surface area contributed by atoms with Crippen LogP contribution in [0.15, 0.2) is 48.5 Å². The number of Topliss-reactive ketones (excluding diaryl/α,β-unsaturated/α-hetero) is 1. The molecule has 1 heterocycles. The van der Waals surface area contributed by atoms with Gasteiger partial charge in [0.15, 0.2) is 11.9 Å². The first-order valence-corrected chi connectivity index (χ1v) is 8.22. The highest BCUT2D eigenvalue weighted by atomic mass is 16.6. The van der Waals surface area contributed by atoms with Gasteiger partial charge in [0.1, 0.15) is 18.8 Å². The molecule has 0 spiro atoms. The summed E-state index contributed by atoms with van der Waals surface area (Å²) in [4.78, 5) is 23.3. The van der Waals surface area contributed by atoms with E-state index in [1.807, 2.05) is 48.5 Å². The number of carbonyl (C=O) groups is 2. The van der Waals surface area contributed by atoms with Crippen molar-refractivity contribution >= 4 is 11.8 Å². The van der Waals surface area contributed by atoms with Crippen molar-refractivity contribution in [2.75, 3.05) is 0 Å². The average Bonchev–Trinajstić information content (AvgIpc) is 3.15. The van der Waals surface area contributed by atoms with Crippen molar-refractivity contribution in [1.29, 1.82) is 0 Å². The molecule has 4 nitrogen and oxygen atoms in total. The molecule has 4 heteroatoms. The van der Waals surface area contributed by atoms with Crippen molar-refractivity contribution in [2.45, 2.75) is 37.9 Å². The van der Waals surface area contributed by atoms with E-state index in [0.29, 0.717) is 6.61 Å². The Morgan fingerprint density at radius 3 is 2.67 bits per heavy atom. The summed E-state index contributed by atoms with van der Waals surface area (Å²) in [6.07, 6.45) is 1.02. The van der Waals surface area contributed by atoms with E-state index in [0.717, 1.165) is 29.7 Å². The summed E-state index contributed by atoms with van der Waals surface area (Å²) in [5, 5.41) is 0. The zero-order valence-corrected chi connectivity index (χ0v) is 13.2. The van der Waals surface area contributed by atoms with Crippen molar-refractivity contribution in [2.24, 2.45) is 0 Å². The van der Waals surface area contributed by atoms with E-state index in [1.165, 1.54) is 5.56 Å². The highest BCUT2D eigenvalue weighted by Crippen LogP contribution is 2.40. The van der Waals surface area contributed by atoms with Crippen LogP contribution in [0.25, 0.3) is 0 Å². The Morgan fingerprint density at radius 1 is 1.08 bits per heavy atom. The number of hydrogen-bond acceptors (Lipinski definition) is 4. The minimum atomic E-state index is -0.602. The number of esters is 1. The SMILES string of the molecule is O=C1CC(=O)C([C@@H]2CCc3cc(OCc4ccccc4)ccc32)O1. The molecule has 2 aromatic rings. The lowest BCUT2D eigenvalue weighted by Crippen LogP contribution is -2.23. The smallest absolute Gasteiger partial charge is 0.314 e. The van der Waals surface area contributed by atoms with Crippen LogP contribution in [-0.2, 0) is 27.4 Å². The lowest BCUT2D eigenvalue weighted by Gasteiger charge is -2.17. The quantitative estimate of drug-likeness (QED) is 0.641. The minimum Gasteiger partial charge on any atom is -0.489 e. The van der Waals surface area contributed by atoms with Crippen LogP contribution in [0.4, 0.5) is 0 Å². The van der Waals surface area contributed by atoms with Gasteiger partial charge in [-0.25, -0.2) is 0 Å². The Hall–Kier alpha value is -2.62. The maximum atomic E-state index is 11.9. The summed E-state index contributed by atoms with van der Waals surface area (Å²) < 4.78 is 11.1. The molecule has 1 unspecified atom stereocenters. The number of aryl methyl sites for hydroxylation is 1. The molecule has 0 aromatic heterocycles.